The van der Waals surface area contributed by atoms with Crippen molar-refractivity contribution in [3.05, 3.63) is 70.8 Å². The first-order chi connectivity index (χ1) is 14.6. The molecule has 2 heterocycles. The number of ether oxygens (including phenoxy) is 1. The summed E-state index contributed by atoms with van der Waals surface area (Å²) < 4.78 is 20.3. The van der Waals surface area contributed by atoms with E-state index in [0.29, 0.717) is 22.0 Å². The van der Waals surface area contributed by atoms with Crippen molar-refractivity contribution in [3.63, 3.8) is 0 Å². The molecule has 1 aromatic heterocycles. The molecule has 1 aliphatic heterocycles. The Kier molecular flexibility index (Phi) is 6.01. The molecule has 0 atom stereocenters. The molecule has 30 heavy (non-hydrogen) atoms. The Balaban J connectivity index is 1.69. The van der Waals surface area contributed by atoms with Gasteiger partial charge in [0.15, 0.2) is 0 Å². The third-order valence-corrected chi connectivity index (χ3v) is 5.55. The predicted octanol–water partition coefficient (Wildman–Crippen LogP) is 4.39. The van der Waals surface area contributed by atoms with E-state index in [1.165, 1.54) is 19.2 Å². The highest BCUT2D eigenvalue weighted by molar-refractivity contribution is 6.32. The molecule has 8 heteroatoms. The Morgan fingerprint density at radius 1 is 1.23 bits per heavy atom. The minimum Gasteiger partial charge on any atom is -0.495 e. The van der Waals surface area contributed by atoms with E-state index < -0.39 is 0 Å². The molecule has 0 unspecified atom stereocenters. The first-order valence-corrected chi connectivity index (χ1v) is 10.1. The van der Waals surface area contributed by atoms with Gasteiger partial charge >= 0.3 is 0 Å². The van der Waals surface area contributed by atoms with E-state index in [2.05, 4.69) is 15.7 Å². The van der Waals surface area contributed by atoms with Gasteiger partial charge in [-0.2, -0.15) is 5.10 Å². The number of benzene rings is 2. The van der Waals surface area contributed by atoms with Crippen LogP contribution in [0, 0.1) is 5.82 Å². The lowest BCUT2D eigenvalue weighted by atomic mass is 9.91. The van der Waals surface area contributed by atoms with Crippen LogP contribution in [0.4, 0.5) is 10.1 Å². The maximum atomic E-state index is 13.4. The number of halogens is 2. The van der Waals surface area contributed by atoms with Crippen LogP contribution in [-0.2, 0) is 0 Å². The van der Waals surface area contributed by atoms with Crippen LogP contribution < -0.4 is 15.4 Å². The van der Waals surface area contributed by atoms with Crippen molar-refractivity contribution in [1.82, 2.24) is 15.1 Å². The van der Waals surface area contributed by atoms with Gasteiger partial charge in [0.05, 0.1) is 35.3 Å². The number of hydrogen-bond donors (Lipinski definition) is 2. The first-order valence-electron chi connectivity index (χ1n) is 9.76. The summed E-state index contributed by atoms with van der Waals surface area (Å²) in [5.41, 5.74) is 2.62. The molecular weight excluding hydrogens is 407 g/mol. The van der Waals surface area contributed by atoms with Gasteiger partial charge in [0.2, 0.25) is 0 Å². The van der Waals surface area contributed by atoms with Gasteiger partial charge in [0.1, 0.15) is 11.6 Å². The average molecular weight is 429 g/mol. The van der Waals surface area contributed by atoms with Crippen LogP contribution in [0.2, 0.25) is 5.02 Å². The quantitative estimate of drug-likeness (QED) is 0.632. The van der Waals surface area contributed by atoms with Crippen LogP contribution in [-0.4, -0.2) is 35.9 Å². The number of carbonyl (C=O) groups excluding carboxylic acids is 1. The Morgan fingerprint density at radius 2 is 1.97 bits per heavy atom. The van der Waals surface area contributed by atoms with Crippen LogP contribution in [0.3, 0.4) is 0 Å². The van der Waals surface area contributed by atoms with Gasteiger partial charge < -0.3 is 15.4 Å². The minimum absolute atomic E-state index is 0.166. The summed E-state index contributed by atoms with van der Waals surface area (Å²) in [6, 6.07) is 11.2. The summed E-state index contributed by atoms with van der Waals surface area (Å²) >= 11 is 6.18. The lowest BCUT2D eigenvalue weighted by molar-refractivity contribution is 0.102. The van der Waals surface area contributed by atoms with E-state index >= 15 is 0 Å². The molecule has 1 saturated heterocycles. The summed E-state index contributed by atoms with van der Waals surface area (Å²) in [7, 11) is 1.54. The number of rotatable bonds is 5. The molecule has 1 aliphatic rings. The summed E-state index contributed by atoms with van der Waals surface area (Å²) in [6.45, 7) is 1.74. The lowest BCUT2D eigenvalue weighted by Gasteiger charge is -2.24. The van der Waals surface area contributed by atoms with E-state index in [1.54, 1.807) is 41.2 Å². The van der Waals surface area contributed by atoms with Gasteiger partial charge in [-0.25, -0.2) is 9.07 Å². The van der Waals surface area contributed by atoms with Crippen LogP contribution >= 0.6 is 11.6 Å². The molecule has 2 N–H and O–H groups in total. The molecule has 6 nitrogen and oxygen atoms in total. The van der Waals surface area contributed by atoms with Crippen molar-refractivity contribution < 1.29 is 13.9 Å². The highest BCUT2D eigenvalue weighted by atomic mass is 35.5. The second-order valence-electron chi connectivity index (χ2n) is 7.16. The fourth-order valence-electron chi connectivity index (χ4n) is 3.75. The number of methoxy groups -OCH3 is 1. The Morgan fingerprint density at radius 3 is 2.63 bits per heavy atom. The maximum Gasteiger partial charge on any atom is 0.259 e. The van der Waals surface area contributed by atoms with Gasteiger partial charge in [-0.05, 0) is 68.4 Å². The SMILES string of the molecule is COc1ccc(NC(=O)c2cnn(-c3ccc(F)cc3)c2C2CCNCC2)cc1Cl. The molecule has 2 aromatic carbocycles. The number of nitrogens with one attached hydrogen (secondary N) is 2. The van der Waals surface area contributed by atoms with Crippen molar-refractivity contribution >= 4 is 23.2 Å². The monoisotopic (exact) mass is 428 g/mol. The zero-order valence-electron chi connectivity index (χ0n) is 16.5. The van der Waals surface area contributed by atoms with Gasteiger partial charge in [0.25, 0.3) is 5.91 Å². The molecule has 4 rings (SSSR count). The van der Waals surface area contributed by atoms with Crippen LogP contribution in [0.1, 0.15) is 34.8 Å². The smallest absolute Gasteiger partial charge is 0.259 e. The number of hydrogen-bond acceptors (Lipinski definition) is 4. The summed E-state index contributed by atoms with van der Waals surface area (Å²) in [5, 5.41) is 11.1. The van der Waals surface area contributed by atoms with Gasteiger partial charge in [-0.3, -0.25) is 4.79 Å². The van der Waals surface area contributed by atoms with E-state index in [1.807, 2.05) is 0 Å². The second kappa shape index (κ2) is 8.85. The molecule has 156 valence electrons. The van der Waals surface area contributed by atoms with Crippen molar-refractivity contribution in [2.24, 2.45) is 0 Å². The zero-order chi connectivity index (χ0) is 21.1. The summed E-state index contributed by atoms with van der Waals surface area (Å²) in [4.78, 5) is 13.1. The molecule has 1 fully saturated rings. The van der Waals surface area contributed by atoms with Crippen LogP contribution in [0.5, 0.6) is 5.75 Å². The van der Waals surface area contributed by atoms with E-state index in [4.69, 9.17) is 16.3 Å². The topological polar surface area (TPSA) is 68.2 Å². The van der Waals surface area contributed by atoms with E-state index in [0.717, 1.165) is 37.3 Å². The highest BCUT2D eigenvalue weighted by Crippen LogP contribution is 2.32. The maximum absolute atomic E-state index is 13.4. The Hall–Kier alpha value is -2.90. The van der Waals surface area contributed by atoms with Crippen LogP contribution in [0.15, 0.2) is 48.7 Å². The van der Waals surface area contributed by atoms with E-state index in [-0.39, 0.29) is 17.6 Å². The average Bonchev–Trinajstić information content (AvgIpc) is 3.20. The van der Waals surface area contributed by atoms with Gasteiger partial charge in [-0.15, -0.1) is 0 Å². The normalized spacial score (nSPS) is 14.5. The number of carbonyl (C=O) groups is 1. The third kappa shape index (κ3) is 4.17. The Labute approximate surface area is 179 Å². The Bertz CT molecular complexity index is 1050. The van der Waals surface area contributed by atoms with Crippen molar-refractivity contribution in [1.29, 1.82) is 0 Å². The second-order valence-corrected chi connectivity index (χ2v) is 7.57. The summed E-state index contributed by atoms with van der Waals surface area (Å²) in [5.74, 6) is 0.120. The molecule has 3 aromatic rings. The molecule has 0 saturated carbocycles. The number of nitrogens with zero attached hydrogens (tertiary/aromatic N) is 2. The van der Waals surface area contributed by atoms with Crippen molar-refractivity contribution in [3.8, 4) is 11.4 Å². The van der Waals surface area contributed by atoms with Crippen molar-refractivity contribution in [2.45, 2.75) is 18.8 Å². The number of piperidine rings is 1. The molecule has 1 amide bonds. The molecule has 0 radical (unpaired) electrons. The van der Waals surface area contributed by atoms with Crippen LogP contribution in [0.25, 0.3) is 5.69 Å². The molecule has 0 bridgehead atoms. The minimum atomic E-state index is -0.316. The zero-order valence-corrected chi connectivity index (χ0v) is 17.2. The standard InChI is InChI=1S/C22H22ClFN4O2/c1-30-20-7-4-16(12-19(20)23)27-22(29)18-13-26-28(17-5-2-15(24)3-6-17)21(18)14-8-10-25-11-9-14/h2-7,12-14,25H,8-11H2,1H3,(H,27,29). The third-order valence-electron chi connectivity index (χ3n) is 5.26. The fraction of sp³-hybridized carbons (Fsp3) is 0.273. The fourth-order valence-corrected chi connectivity index (χ4v) is 4.01. The predicted molar refractivity (Wildman–Crippen MR) is 114 cm³/mol. The number of aromatic nitrogens is 2. The number of amides is 1. The molecule has 0 spiro atoms. The molecule has 0 aliphatic carbocycles. The van der Waals surface area contributed by atoms with Gasteiger partial charge in [0, 0.05) is 11.6 Å². The summed E-state index contributed by atoms with van der Waals surface area (Å²) in [6.07, 6.45) is 3.35. The molecular formula is C22H22ClFN4O2. The van der Waals surface area contributed by atoms with Crippen molar-refractivity contribution in [2.75, 3.05) is 25.5 Å². The number of anilines is 1. The lowest BCUT2D eigenvalue weighted by Crippen LogP contribution is -2.29. The largest absolute Gasteiger partial charge is 0.495 e. The van der Waals surface area contributed by atoms with E-state index in [9.17, 15) is 9.18 Å². The highest BCUT2D eigenvalue weighted by Gasteiger charge is 2.27. The first kappa shape index (κ1) is 20.4. The van der Waals surface area contributed by atoms with Gasteiger partial charge in [-0.1, -0.05) is 11.6 Å².